The fourth-order valence-electron chi connectivity index (χ4n) is 2.33. The Labute approximate surface area is 137 Å². The van der Waals surface area contributed by atoms with Crippen molar-refractivity contribution in [3.8, 4) is 5.75 Å². The minimum absolute atomic E-state index is 0.301. The topological polar surface area (TPSA) is 60.2 Å². The van der Waals surface area contributed by atoms with Gasteiger partial charge in [-0.15, -0.1) is 0 Å². The molecule has 0 radical (unpaired) electrons. The van der Waals surface area contributed by atoms with Gasteiger partial charge in [-0.05, 0) is 49.9 Å². The van der Waals surface area contributed by atoms with E-state index in [2.05, 4.69) is 0 Å². The predicted octanol–water partition coefficient (Wildman–Crippen LogP) is 3.76. The highest BCUT2D eigenvalue weighted by Gasteiger charge is 2.21. The van der Waals surface area contributed by atoms with Gasteiger partial charge in [-0.1, -0.05) is 18.2 Å². The molecule has 0 aliphatic heterocycles. The van der Waals surface area contributed by atoms with Crippen molar-refractivity contribution in [1.29, 1.82) is 0 Å². The zero-order valence-corrected chi connectivity index (χ0v) is 13.7. The van der Waals surface area contributed by atoms with Gasteiger partial charge in [0, 0.05) is 9.80 Å². The van der Waals surface area contributed by atoms with Crippen molar-refractivity contribution >= 4 is 22.8 Å². The van der Waals surface area contributed by atoms with Crippen molar-refractivity contribution in [2.75, 3.05) is 6.61 Å². The van der Waals surface area contributed by atoms with Crippen LogP contribution in [0.1, 0.15) is 12.6 Å². The Hall–Kier alpha value is -2.47. The lowest BCUT2D eigenvalue weighted by atomic mass is 10.2. The molecule has 2 aromatic carbocycles. The third kappa shape index (κ3) is 2.90. The van der Waals surface area contributed by atoms with E-state index in [9.17, 15) is 10.1 Å². The zero-order valence-electron chi connectivity index (χ0n) is 12.9. The van der Waals surface area contributed by atoms with E-state index in [1.54, 1.807) is 25.1 Å². The summed E-state index contributed by atoms with van der Waals surface area (Å²) in [6.45, 7) is 4.02. The molecule has 0 aliphatic carbocycles. The van der Waals surface area contributed by atoms with Gasteiger partial charge in [0.25, 0.3) is 5.52 Å². The Morgan fingerprint density at radius 2 is 1.96 bits per heavy atom. The number of fused-ring (bicyclic) bond motifs is 1. The molecule has 0 spiro atoms. The van der Waals surface area contributed by atoms with Crippen LogP contribution in [0.15, 0.2) is 58.5 Å². The first-order chi connectivity index (χ1) is 11.1. The summed E-state index contributed by atoms with van der Waals surface area (Å²) in [5.41, 5.74) is 1.01. The molecule has 3 aromatic rings. The monoisotopic (exact) mass is 328 g/mol. The van der Waals surface area contributed by atoms with Crippen molar-refractivity contribution < 1.29 is 9.16 Å². The van der Waals surface area contributed by atoms with Gasteiger partial charge in [0.15, 0.2) is 0 Å². The first kappa shape index (κ1) is 15.4. The molecule has 0 atom stereocenters. The first-order valence-corrected chi connectivity index (χ1v) is 8.08. The third-order valence-electron chi connectivity index (χ3n) is 3.45. The lowest BCUT2D eigenvalue weighted by molar-refractivity contribution is -0.510. The second-order valence-corrected chi connectivity index (χ2v) is 6.04. The largest absolute Gasteiger partial charge is 0.805 e. The van der Waals surface area contributed by atoms with Crippen molar-refractivity contribution in [3.63, 3.8) is 0 Å². The van der Waals surface area contributed by atoms with E-state index in [1.165, 1.54) is 11.8 Å². The number of hydrogen-bond donors (Lipinski definition) is 0. The normalized spacial score (nSPS) is 10.9. The van der Waals surface area contributed by atoms with E-state index in [-0.39, 0.29) is 0 Å². The molecule has 0 unspecified atom stereocenters. The van der Waals surface area contributed by atoms with Crippen LogP contribution in [0.5, 0.6) is 5.75 Å². The highest BCUT2D eigenvalue weighted by molar-refractivity contribution is 7.99. The van der Waals surface area contributed by atoms with E-state index in [4.69, 9.17) is 4.74 Å². The minimum Gasteiger partial charge on any atom is -0.805 e. The van der Waals surface area contributed by atoms with E-state index in [1.807, 2.05) is 37.3 Å². The molecule has 0 fully saturated rings. The third-order valence-corrected chi connectivity index (χ3v) is 4.61. The van der Waals surface area contributed by atoms with Gasteiger partial charge in [-0.2, -0.15) is 0 Å². The van der Waals surface area contributed by atoms with Crippen LogP contribution < -0.4 is 9.16 Å². The molecule has 0 saturated heterocycles. The first-order valence-electron chi connectivity index (χ1n) is 7.27. The van der Waals surface area contributed by atoms with E-state index < -0.39 is 0 Å². The maximum atomic E-state index is 12.8. The smallest absolute Gasteiger partial charge is 0.320 e. The van der Waals surface area contributed by atoms with Gasteiger partial charge >= 0.3 is 5.03 Å². The highest BCUT2D eigenvalue weighted by Crippen LogP contribution is 2.29. The summed E-state index contributed by atoms with van der Waals surface area (Å²) >= 11 is 1.28. The Morgan fingerprint density at radius 1 is 1.22 bits per heavy atom. The quantitative estimate of drug-likeness (QED) is 0.684. The Balaban J connectivity index is 2.19. The van der Waals surface area contributed by atoms with Crippen molar-refractivity contribution in [1.82, 2.24) is 4.73 Å². The second kappa shape index (κ2) is 6.34. The van der Waals surface area contributed by atoms with Crippen molar-refractivity contribution in [2.45, 2.75) is 23.8 Å². The molecule has 1 aromatic heterocycles. The maximum absolute atomic E-state index is 12.8. The molecule has 6 heteroatoms. The molecule has 0 aliphatic rings. The molecule has 0 amide bonds. The fourth-order valence-corrected chi connectivity index (χ4v) is 3.26. The average Bonchev–Trinajstić information content (AvgIpc) is 2.58. The molecule has 3 rings (SSSR count). The molecule has 0 N–H and O–H groups in total. The SMILES string of the molecule is CCOc1ccc2c(c1)[n+](=O)c(Sc1ccccc1)c(C)n2[O-]. The summed E-state index contributed by atoms with van der Waals surface area (Å²) in [6.07, 6.45) is 0. The molecule has 0 saturated carbocycles. The number of ether oxygens (including phenoxy) is 1. The van der Waals surface area contributed by atoms with E-state index >= 15 is 0 Å². The molecule has 5 nitrogen and oxygen atoms in total. The summed E-state index contributed by atoms with van der Waals surface area (Å²) in [4.78, 5) is 13.7. The number of aromatic nitrogens is 2. The molecule has 118 valence electrons. The number of hydrogen-bond acceptors (Lipinski definition) is 4. The number of benzene rings is 2. The summed E-state index contributed by atoms with van der Waals surface area (Å²) in [5, 5.41) is 12.8. The Kier molecular flexibility index (Phi) is 4.25. The standard InChI is InChI=1S/C17H16N2O3S/c1-3-22-13-9-10-15-16(11-13)19(21)17(12(2)18(15)20)23-14-7-5-4-6-8-14/h4-11H,3H2,1-2H3. The molecular formula is C17H16N2O3S. The summed E-state index contributed by atoms with van der Waals surface area (Å²) < 4.78 is 7.03. The number of nitrogens with zero attached hydrogens (tertiary/aromatic N) is 2. The van der Waals surface area contributed by atoms with Crippen LogP contribution in [0, 0.1) is 17.0 Å². The van der Waals surface area contributed by atoms with Crippen LogP contribution in [-0.4, -0.2) is 11.3 Å². The fraction of sp³-hybridized carbons (Fsp3) is 0.176. The molecule has 0 bridgehead atoms. The van der Waals surface area contributed by atoms with Crippen LogP contribution in [0.3, 0.4) is 0 Å². The average molecular weight is 328 g/mol. The minimum atomic E-state index is 0.301. The lowest BCUT2D eigenvalue weighted by Gasteiger charge is -2.16. The van der Waals surface area contributed by atoms with Crippen LogP contribution in [-0.2, 0) is 0 Å². The number of rotatable bonds is 4. The Morgan fingerprint density at radius 3 is 2.65 bits per heavy atom. The van der Waals surface area contributed by atoms with Crippen molar-refractivity contribution in [2.24, 2.45) is 0 Å². The molecule has 23 heavy (non-hydrogen) atoms. The molecular weight excluding hydrogens is 312 g/mol. The van der Waals surface area contributed by atoms with Crippen molar-refractivity contribution in [3.05, 3.63) is 64.3 Å². The van der Waals surface area contributed by atoms with E-state index in [0.29, 0.717) is 34.1 Å². The summed E-state index contributed by atoms with van der Waals surface area (Å²) in [6, 6.07) is 14.4. The Bertz CT molecular complexity index is 907. The van der Waals surface area contributed by atoms with Gasteiger partial charge < -0.3 is 14.7 Å². The van der Waals surface area contributed by atoms with Gasteiger partial charge in [-0.25, -0.2) is 0 Å². The maximum Gasteiger partial charge on any atom is 0.320 e. The molecule has 1 heterocycles. The lowest BCUT2D eigenvalue weighted by Crippen LogP contribution is -2.23. The zero-order chi connectivity index (χ0) is 16.4. The highest BCUT2D eigenvalue weighted by atomic mass is 32.2. The summed E-state index contributed by atoms with van der Waals surface area (Å²) in [7, 11) is 0. The van der Waals surface area contributed by atoms with Gasteiger partial charge in [-0.3, -0.25) is 0 Å². The van der Waals surface area contributed by atoms with E-state index in [0.717, 1.165) is 14.1 Å². The second-order valence-electron chi connectivity index (χ2n) is 4.98. The predicted molar refractivity (Wildman–Crippen MR) is 90.5 cm³/mol. The summed E-state index contributed by atoms with van der Waals surface area (Å²) in [5.74, 6) is 0.573. The van der Waals surface area contributed by atoms with Crippen LogP contribution in [0.2, 0.25) is 0 Å². The van der Waals surface area contributed by atoms with Gasteiger partial charge in [0.2, 0.25) is 0 Å². The van der Waals surface area contributed by atoms with Crippen LogP contribution in [0.25, 0.3) is 11.0 Å². The van der Waals surface area contributed by atoms with Gasteiger partial charge in [0.05, 0.1) is 22.8 Å². The van der Waals surface area contributed by atoms with Crippen LogP contribution in [0.4, 0.5) is 0 Å². The van der Waals surface area contributed by atoms with Gasteiger partial charge in [0.1, 0.15) is 11.3 Å². The van der Waals surface area contributed by atoms with Crippen LogP contribution >= 0.6 is 11.8 Å².